The molecule has 1 atom stereocenters. The van der Waals surface area contributed by atoms with Crippen LogP contribution in [0.2, 0.25) is 0 Å². The summed E-state index contributed by atoms with van der Waals surface area (Å²) in [6.07, 6.45) is 1.75. The Morgan fingerprint density at radius 1 is 1.19 bits per heavy atom. The maximum atomic E-state index is 15.4. The van der Waals surface area contributed by atoms with Crippen LogP contribution in [-0.2, 0) is 4.79 Å². The molecule has 7 heteroatoms. The maximum Gasteiger partial charge on any atom is 0.298 e. The number of carbonyl (C=O) groups is 2. The molecule has 2 aliphatic rings. The SMILES string of the molecule is CC#CC(=O)N1CCC2(CCN(c3c(F)cc(C(N)=O)c4[nH]c5ccccc5c34)C2)C1. The zero-order valence-corrected chi connectivity index (χ0v) is 17.3. The summed E-state index contributed by atoms with van der Waals surface area (Å²) in [4.78, 5) is 31.3. The van der Waals surface area contributed by atoms with E-state index in [0.717, 1.165) is 23.7 Å². The fourth-order valence-corrected chi connectivity index (χ4v) is 5.23. The highest BCUT2D eigenvalue weighted by atomic mass is 19.1. The average molecular weight is 418 g/mol. The van der Waals surface area contributed by atoms with E-state index in [4.69, 9.17) is 5.73 Å². The molecule has 1 aromatic heterocycles. The molecule has 2 aliphatic heterocycles. The number of nitrogens with zero attached hydrogens (tertiary/aromatic N) is 2. The molecule has 3 N–H and O–H groups in total. The fourth-order valence-electron chi connectivity index (χ4n) is 5.23. The van der Waals surface area contributed by atoms with E-state index in [9.17, 15) is 9.59 Å². The molecule has 0 saturated carbocycles. The molecular weight excluding hydrogens is 395 g/mol. The molecule has 1 spiro atoms. The third kappa shape index (κ3) is 3.02. The van der Waals surface area contributed by atoms with Gasteiger partial charge in [-0.15, -0.1) is 0 Å². The number of amides is 2. The van der Waals surface area contributed by atoms with Gasteiger partial charge in [0.2, 0.25) is 0 Å². The zero-order chi connectivity index (χ0) is 21.8. The minimum absolute atomic E-state index is 0.0711. The van der Waals surface area contributed by atoms with Gasteiger partial charge in [-0.25, -0.2) is 4.39 Å². The minimum Gasteiger partial charge on any atom is -0.368 e. The van der Waals surface area contributed by atoms with Gasteiger partial charge < -0.3 is 20.5 Å². The highest BCUT2D eigenvalue weighted by Gasteiger charge is 2.45. The van der Waals surface area contributed by atoms with E-state index in [0.29, 0.717) is 42.8 Å². The highest BCUT2D eigenvalue weighted by molar-refractivity contribution is 6.19. The number of benzene rings is 2. The number of hydrogen-bond donors (Lipinski definition) is 2. The summed E-state index contributed by atoms with van der Waals surface area (Å²) in [5.74, 6) is 4.03. The van der Waals surface area contributed by atoms with Crippen LogP contribution in [0.15, 0.2) is 30.3 Å². The highest BCUT2D eigenvalue weighted by Crippen LogP contribution is 2.45. The number of aromatic nitrogens is 1. The molecule has 2 aromatic carbocycles. The monoisotopic (exact) mass is 418 g/mol. The van der Waals surface area contributed by atoms with E-state index in [1.807, 2.05) is 24.3 Å². The van der Waals surface area contributed by atoms with Gasteiger partial charge in [0.1, 0.15) is 5.82 Å². The number of H-pyrrole nitrogens is 1. The van der Waals surface area contributed by atoms with Gasteiger partial charge in [0.05, 0.1) is 16.8 Å². The maximum absolute atomic E-state index is 15.4. The van der Waals surface area contributed by atoms with Crippen molar-refractivity contribution >= 4 is 39.3 Å². The van der Waals surface area contributed by atoms with Crippen LogP contribution in [0.5, 0.6) is 0 Å². The second-order valence-electron chi connectivity index (χ2n) is 8.56. The number of fused-ring (bicyclic) bond motifs is 3. The van der Waals surface area contributed by atoms with Crippen molar-refractivity contribution in [2.75, 3.05) is 31.1 Å². The van der Waals surface area contributed by atoms with Gasteiger partial charge in [0.25, 0.3) is 11.8 Å². The molecule has 0 aliphatic carbocycles. The van der Waals surface area contributed by atoms with Crippen LogP contribution in [0, 0.1) is 23.1 Å². The first-order valence-corrected chi connectivity index (χ1v) is 10.4. The molecule has 1 unspecified atom stereocenters. The van der Waals surface area contributed by atoms with E-state index in [1.54, 1.807) is 11.8 Å². The third-order valence-corrected chi connectivity index (χ3v) is 6.69. The van der Waals surface area contributed by atoms with E-state index in [2.05, 4.69) is 21.7 Å². The summed E-state index contributed by atoms with van der Waals surface area (Å²) in [5.41, 5.74) is 7.51. The van der Waals surface area contributed by atoms with Crippen LogP contribution < -0.4 is 10.6 Å². The number of primary amides is 1. The zero-order valence-electron chi connectivity index (χ0n) is 17.3. The Balaban J connectivity index is 1.58. The summed E-state index contributed by atoms with van der Waals surface area (Å²) in [6.45, 7) is 4.30. The first kappa shape index (κ1) is 19.4. The summed E-state index contributed by atoms with van der Waals surface area (Å²) in [5, 5.41) is 1.54. The standard InChI is InChI=1S/C24H23FN4O2/c1-2-5-19(30)28-10-8-24(13-28)9-11-29(14-24)22-17(25)12-16(23(26)31)21-20(22)15-6-3-4-7-18(15)27-21/h3-4,6-7,12,27H,8-11,13-14H2,1H3,(H2,26,31). The van der Waals surface area contributed by atoms with Crippen molar-refractivity contribution in [3.63, 3.8) is 0 Å². The molecule has 2 saturated heterocycles. The number of halogens is 1. The molecular formula is C24H23FN4O2. The van der Waals surface area contributed by atoms with Crippen LogP contribution in [0.25, 0.3) is 21.8 Å². The Bertz CT molecular complexity index is 1300. The molecule has 6 nitrogen and oxygen atoms in total. The van der Waals surface area contributed by atoms with Crippen LogP contribution in [0.4, 0.5) is 10.1 Å². The van der Waals surface area contributed by atoms with E-state index in [1.165, 1.54) is 6.07 Å². The van der Waals surface area contributed by atoms with Gasteiger partial charge in [-0.2, -0.15) is 0 Å². The quantitative estimate of drug-likeness (QED) is 0.628. The van der Waals surface area contributed by atoms with Crippen molar-refractivity contribution in [1.82, 2.24) is 9.88 Å². The van der Waals surface area contributed by atoms with Crippen molar-refractivity contribution in [1.29, 1.82) is 0 Å². The largest absolute Gasteiger partial charge is 0.368 e. The Hall–Kier alpha value is -3.53. The Morgan fingerprint density at radius 2 is 1.97 bits per heavy atom. The summed E-state index contributed by atoms with van der Waals surface area (Å²) in [7, 11) is 0. The number of likely N-dealkylation sites (tertiary alicyclic amines) is 1. The smallest absolute Gasteiger partial charge is 0.298 e. The summed E-state index contributed by atoms with van der Waals surface area (Å²) in [6, 6.07) is 8.86. The molecule has 2 amide bonds. The fraction of sp³-hybridized carbons (Fsp3) is 0.333. The first-order valence-electron chi connectivity index (χ1n) is 10.4. The van der Waals surface area contributed by atoms with Crippen molar-refractivity contribution in [3.05, 3.63) is 41.7 Å². The first-order chi connectivity index (χ1) is 14.9. The van der Waals surface area contributed by atoms with Gasteiger partial charge in [0, 0.05) is 47.9 Å². The van der Waals surface area contributed by atoms with Crippen molar-refractivity contribution in [2.24, 2.45) is 11.1 Å². The Morgan fingerprint density at radius 3 is 2.74 bits per heavy atom. The third-order valence-electron chi connectivity index (χ3n) is 6.69. The van der Waals surface area contributed by atoms with Crippen LogP contribution in [0.1, 0.15) is 30.1 Å². The van der Waals surface area contributed by atoms with Crippen molar-refractivity contribution in [3.8, 4) is 11.8 Å². The Kier molecular flexibility index (Phi) is 4.40. The van der Waals surface area contributed by atoms with E-state index >= 15 is 4.39 Å². The molecule has 3 heterocycles. The number of para-hydroxylation sites is 1. The molecule has 31 heavy (non-hydrogen) atoms. The van der Waals surface area contributed by atoms with Crippen LogP contribution >= 0.6 is 0 Å². The van der Waals surface area contributed by atoms with Crippen LogP contribution in [0.3, 0.4) is 0 Å². The summed E-state index contributed by atoms with van der Waals surface area (Å²) >= 11 is 0. The summed E-state index contributed by atoms with van der Waals surface area (Å²) < 4.78 is 15.4. The number of anilines is 1. The predicted octanol–water partition coefficient (Wildman–Crippen LogP) is 3.01. The topological polar surface area (TPSA) is 82.4 Å². The van der Waals surface area contributed by atoms with Crippen molar-refractivity contribution < 1.29 is 14.0 Å². The lowest BCUT2D eigenvalue weighted by atomic mass is 9.86. The number of rotatable bonds is 2. The van der Waals surface area contributed by atoms with E-state index in [-0.39, 0.29) is 16.9 Å². The van der Waals surface area contributed by atoms with Gasteiger partial charge in [-0.05, 0) is 37.8 Å². The van der Waals surface area contributed by atoms with Gasteiger partial charge >= 0.3 is 0 Å². The normalized spacial score (nSPS) is 20.6. The number of nitrogens with two attached hydrogens (primary N) is 1. The lowest BCUT2D eigenvalue weighted by Gasteiger charge is -2.26. The van der Waals surface area contributed by atoms with Crippen LogP contribution in [-0.4, -0.2) is 47.9 Å². The van der Waals surface area contributed by atoms with E-state index < -0.39 is 11.7 Å². The molecule has 3 aromatic rings. The number of hydrogen-bond acceptors (Lipinski definition) is 3. The van der Waals surface area contributed by atoms with Gasteiger partial charge in [-0.1, -0.05) is 24.1 Å². The van der Waals surface area contributed by atoms with Crippen molar-refractivity contribution in [2.45, 2.75) is 19.8 Å². The lowest BCUT2D eigenvalue weighted by molar-refractivity contribution is -0.124. The molecule has 2 fully saturated rings. The number of carbonyl (C=O) groups excluding carboxylic acids is 2. The second-order valence-corrected chi connectivity index (χ2v) is 8.56. The second kappa shape index (κ2) is 7.02. The molecule has 0 bridgehead atoms. The van der Waals surface area contributed by atoms with Gasteiger partial charge in [0.15, 0.2) is 0 Å². The molecule has 5 rings (SSSR count). The Labute approximate surface area is 179 Å². The van der Waals surface area contributed by atoms with Gasteiger partial charge in [-0.3, -0.25) is 9.59 Å². The molecule has 0 radical (unpaired) electrons. The average Bonchev–Trinajstić information content (AvgIpc) is 3.45. The predicted molar refractivity (Wildman–Crippen MR) is 118 cm³/mol. The number of nitrogens with one attached hydrogen (secondary N) is 1. The lowest BCUT2D eigenvalue weighted by Crippen LogP contribution is -2.33. The minimum atomic E-state index is -0.665. The molecule has 158 valence electrons. The number of aromatic amines is 1.